The fourth-order valence-electron chi connectivity index (χ4n) is 2.20. The molecule has 0 saturated heterocycles. The summed E-state index contributed by atoms with van der Waals surface area (Å²) in [7, 11) is 0. The van der Waals surface area contributed by atoms with Gasteiger partial charge in [0.15, 0.2) is 0 Å². The summed E-state index contributed by atoms with van der Waals surface area (Å²) in [5.41, 5.74) is 2.81. The summed E-state index contributed by atoms with van der Waals surface area (Å²) in [5.74, 6) is 0.141. The summed E-state index contributed by atoms with van der Waals surface area (Å²) < 4.78 is 2.02. The zero-order valence-electron chi connectivity index (χ0n) is 8.93. The van der Waals surface area contributed by atoms with Crippen molar-refractivity contribution in [3.05, 3.63) is 53.3 Å². The lowest BCUT2D eigenvalue weighted by atomic mass is 9.98. The quantitative estimate of drug-likeness (QED) is 0.599. The average molecular weight is 229 g/mol. The Morgan fingerprint density at radius 3 is 2.94 bits per heavy atom. The third-order valence-electron chi connectivity index (χ3n) is 2.99. The average Bonchev–Trinajstić information content (AvgIpc) is 2.77. The number of fused-ring (bicyclic) bond motifs is 2. The standard InChI is InChI=1S/C13H11NOS/c1-16-12-6-2-4-9-10(12)8-14-7-3-5-11(14)13(9)15/h2-7H,8H2,1H3. The molecule has 0 aliphatic carbocycles. The minimum atomic E-state index is 0.141. The molecule has 0 fully saturated rings. The second-order valence-electron chi connectivity index (χ2n) is 3.84. The molecule has 0 spiro atoms. The van der Waals surface area contributed by atoms with Gasteiger partial charge in [-0.1, -0.05) is 12.1 Å². The lowest BCUT2D eigenvalue weighted by Gasteiger charge is -2.20. The minimum absolute atomic E-state index is 0.141. The monoisotopic (exact) mass is 229 g/mol. The van der Waals surface area contributed by atoms with Crippen LogP contribution in [0.1, 0.15) is 21.6 Å². The molecule has 1 aromatic heterocycles. The first-order valence-electron chi connectivity index (χ1n) is 5.17. The molecule has 1 aliphatic heterocycles. The van der Waals surface area contributed by atoms with Crippen LogP contribution in [0.4, 0.5) is 0 Å². The van der Waals surface area contributed by atoms with E-state index in [1.54, 1.807) is 11.8 Å². The van der Waals surface area contributed by atoms with Crippen molar-refractivity contribution in [2.75, 3.05) is 6.26 Å². The molecule has 80 valence electrons. The number of rotatable bonds is 1. The van der Waals surface area contributed by atoms with Gasteiger partial charge in [0, 0.05) is 23.2 Å². The van der Waals surface area contributed by atoms with E-state index in [-0.39, 0.29) is 5.78 Å². The Hall–Kier alpha value is -1.48. The van der Waals surface area contributed by atoms with Crippen LogP contribution in [0.15, 0.2) is 41.4 Å². The number of carbonyl (C=O) groups excluding carboxylic acids is 1. The normalized spacial score (nSPS) is 13.4. The third-order valence-corrected chi connectivity index (χ3v) is 3.81. The Bertz CT molecular complexity index is 571. The molecule has 1 aliphatic rings. The van der Waals surface area contributed by atoms with Crippen LogP contribution in [-0.4, -0.2) is 16.6 Å². The fourth-order valence-corrected chi connectivity index (χ4v) is 2.83. The van der Waals surface area contributed by atoms with Crippen LogP contribution in [0.5, 0.6) is 0 Å². The summed E-state index contributed by atoms with van der Waals surface area (Å²) in [6, 6.07) is 9.77. The number of nitrogens with zero attached hydrogens (tertiary/aromatic N) is 1. The molecule has 0 atom stereocenters. The van der Waals surface area contributed by atoms with Crippen molar-refractivity contribution < 1.29 is 4.79 Å². The predicted octanol–water partition coefficient (Wildman–Crippen LogP) is 2.80. The summed E-state index contributed by atoms with van der Waals surface area (Å²) in [5, 5.41) is 0. The van der Waals surface area contributed by atoms with Crippen molar-refractivity contribution in [2.24, 2.45) is 0 Å². The van der Waals surface area contributed by atoms with Crippen molar-refractivity contribution in [1.82, 2.24) is 4.57 Å². The summed E-state index contributed by atoms with van der Waals surface area (Å²) >= 11 is 1.70. The Morgan fingerprint density at radius 2 is 2.12 bits per heavy atom. The molecule has 0 amide bonds. The molecular formula is C13H11NOS. The Kier molecular flexibility index (Phi) is 2.14. The van der Waals surface area contributed by atoms with Gasteiger partial charge in [-0.25, -0.2) is 0 Å². The molecule has 0 unspecified atom stereocenters. The van der Waals surface area contributed by atoms with Crippen LogP contribution < -0.4 is 0 Å². The van der Waals surface area contributed by atoms with E-state index in [9.17, 15) is 4.79 Å². The van der Waals surface area contributed by atoms with E-state index in [4.69, 9.17) is 0 Å². The zero-order chi connectivity index (χ0) is 11.1. The number of thioether (sulfide) groups is 1. The van der Waals surface area contributed by atoms with E-state index in [1.807, 2.05) is 41.3 Å². The van der Waals surface area contributed by atoms with Crippen LogP contribution in [-0.2, 0) is 6.54 Å². The van der Waals surface area contributed by atoms with E-state index in [2.05, 4.69) is 6.07 Å². The molecule has 3 heteroatoms. The number of aromatic nitrogens is 1. The van der Waals surface area contributed by atoms with Crippen molar-refractivity contribution >= 4 is 17.5 Å². The first-order chi connectivity index (χ1) is 7.81. The molecule has 0 saturated carbocycles. The van der Waals surface area contributed by atoms with Crippen molar-refractivity contribution in [3.8, 4) is 0 Å². The Labute approximate surface area is 98.3 Å². The molecule has 16 heavy (non-hydrogen) atoms. The second-order valence-corrected chi connectivity index (χ2v) is 4.68. The summed E-state index contributed by atoms with van der Waals surface area (Å²) in [6.45, 7) is 0.806. The van der Waals surface area contributed by atoms with Gasteiger partial charge in [-0.3, -0.25) is 4.79 Å². The number of hydrogen-bond donors (Lipinski definition) is 0. The van der Waals surface area contributed by atoms with E-state index in [0.717, 1.165) is 23.4 Å². The largest absolute Gasteiger partial charge is 0.340 e. The maximum atomic E-state index is 12.2. The van der Waals surface area contributed by atoms with Gasteiger partial charge in [0.1, 0.15) is 0 Å². The number of hydrogen-bond acceptors (Lipinski definition) is 2. The molecule has 2 nitrogen and oxygen atoms in total. The SMILES string of the molecule is CSc1cccc2c1Cn1cccc1C2=O. The summed E-state index contributed by atoms with van der Waals surface area (Å²) in [4.78, 5) is 13.4. The highest BCUT2D eigenvalue weighted by atomic mass is 32.2. The van der Waals surface area contributed by atoms with Gasteiger partial charge in [-0.2, -0.15) is 0 Å². The van der Waals surface area contributed by atoms with Crippen molar-refractivity contribution in [3.63, 3.8) is 0 Å². The van der Waals surface area contributed by atoms with Gasteiger partial charge >= 0.3 is 0 Å². The lowest BCUT2D eigenvalue weighted by Crippen LogP contribution is -2.19. The topological polar surface area (TPSA) is 22.0 Å². The number of carbonyl (C=O) groups is 1. The third kappa shape index (κ3) is 1.25. The first-order valence-corrected chi connectivity index (χ1v) is 6.39. The Balaban J connectivity index is 2.23. The van der Waals surface area contributed by atoms with Crippen LogP contribution in [0.25, 0.3) is 0 Å². The van der Waals surface area contributed by atoms with Crippen LogP contribution >= 0.6 is 11.8 Å². The number of benzene rings is 1. The molecule has 1 aromatic carbocycles. The van der Waals surface area contributed by atoms with Gasteiger partial charge in [0.25, 0.3) is 0 Å². The molecule has 0 N–H and O–H groups in total. The highest BCUT2D eigenvalue weighted by Gasteiger charge is 2.23. The van der Waals surface area contributed by atoms with Gasteiger partial charge < -0.3 is 4.57 Å². The maximum absolute atomic E-state index is 12.2. The van der Waals surface area contributed by atoms with E-state index in [0.29, 0.717) is 0 Å². The summed E-state index contributed by atoms with van der Waals surface area (Å²) in [6.07, 6.45) is 4.01. The molecule has 2 heterocycles. The van der Waals surface area contributed by atoms with Gasteiger partial charge in [-0.05, 0) is 30.0 Å². The van der Waals surface area contributed by atoms with E-state index in [1.165, 1.54) is 4.90 Å². The fraction of sp³-hybridized carbons (Fsp3) is 0.154. The number of ketones is 1. The first kappa shape index (κ1) is 9.73. The van der Waals surface area contributed by atoms with Crippen LogP contribution in [0.2, 0.25) is 0 Å². The van der Waals surface area contributed by atoms with Crippen molar-refractivity contribution in [2.45, 2.75) is 11.4 Å². The molecule has 0 radical (unpaired) electrons. The Morgan fingerprint density at radius 1 is 1.25 bits per heavy atom. The highest BCUT2D eigenvalue weighted by molar-refractivity contribution is 7.98. The molecule has 3 rings (SSSR count). The molecule has 0 bridgehead atoms. The smallest absolute Gasteiger partial charge is 0.209 e. The van der Waals surface area contributed by atoms with E-state index >= 15 is 0 Å². The predicted molar refractivity (Wildman–Crippen MR) is 65.2 cm³/mol. The van der Waals surface area contributed by atoms with Crippen LogP contribution in [0.3, 0.4) is 0 Å². The lowest BCUT2D eigenvalue weighted by molar-refractivity contribution is 0.102. The zero-order valence-corrected chi connectivity index (χ0v) is 9.75. The van der Waals surface area contributed by atoms with E-state index < -0.39 is 0 Å². The van der Waals surface area contributed by atoms with Gasteiger partial charge in [0.05, 0.1) is 5.69 Å². The highest BCUT2D eigenvalue weighted by Crippen LogP contribution is 2.30. The van der Waals surface area contributed by atoms with Gasteiger partial charge in [-0.15, -0.1) is 11.8 Å². The second kappa shape index (κ2) is 3.52. The molecule has 2 aromatic rings. The minimum Gasteiger partial charge on any atom is -0.340 e. The van der Waals surface area contributed by atoms with Crippen LogP contribution in [0, 0.1) is 0 Å². The molecular weight excluding hydrogens is 218 g/mol. The van der Waals surface area contributed by atoms with Crippen molar-refractivity contribution in [1.29, 1.82) is 0 Å². The van der Waals surface area contributed by atoms with Gasteiger partial charge in [0.2, 0.25) is 5.78 Å². The maximum Gasteiger partial charge on any atom is 0.209 e.